The van der Waals surface area contributed by atoms with E-state index in [2.05, 4.69) is 0 Å². The van der Waals surface area contributed by atoms with E-state index >= 15 is 0 Å². The zero-order valence-electron chi connectivity index (χ0n) is 9.78. The van der Waals surface area contributed by atoms with Crippen molar-refractivity contribution in [3.8, 4) is 0 Å². The molecule has 0 aliphatic heterocycles. The number of carbonyl (C=O) groups is 2. The van der Waals surface area contributed by atoms with Gasteiger partial charge in [0.25, 0.3) is 5.69 Å². The van der Waals surface area contributed by atoms with E-state index in [9.17, 15) is 19.7 Å². The Kier molecular flexibility index (Phi) is 3.47. The van der Waals surface area contributed by atoms with Gasteiger partial charge in [0.2, 0.25) is 5.78 Å². The molecule has 0 N–H and O–H groups in total. The topological polar surface area (TPSA) is 77.3 Å². The molecule has 2 rings (SSSR count). The third kappa shape index (κ3) is 2.40. The average Bonchev–Trinajstić information content (AvgIpc) is 2.46. The number of ketones is 1. The number of nitro groups is 1. The number of nitrogens with zero attached hydrogens (tertiary/aromatic N) is 1. The van der Waals surface area contributed by atoms with Crippen LogP contribution in [0.1, 0.15) is 26.3 Å². The number of hydrogen-bond donors (Lipinski definition) is 0. The van der Waals surface area contributed by atoms with E-state index in [1.54, 1.807) is 30.3 Å². The first-order valence-electron chi connectivity index (χ1n) is 5.47. The van der Waals surface area contributed by atoms with Crippen molar-refractivity contribution < 1.29 is 14.5 Å². The summed E-state index contributed by atoms with van der Waals surface area (Å²) in [5.41, 5.74) is -0.213. The highest BCUT2D eigenvalue weighted by Crippen LogP contribution is 2.24. The van der Waals surface area contributed by atoms with E-state index in [4.69, 9.17) is 0 Å². The van der Waals surface area contributed by atoms with Gasteiger partial charge in [-0.05, 0) is 0 Å². The zero-order chi connectivity index (χ0) is 13.8. The maximum atomic E-state index is 12.3. The quantitative estimate of drug-likeness (QED) is 0.364. The van der Waals surface area contributed by atoms with Crippen LogP contribution in [0.5, 0.6) is 0 Å². The molecule has 0 spiro atoms. The lowest BCUT2D eigenvalue weighted by molar-refractivity contribution is -0.385. The summed E-state index contributed by atoms with van der Waals surface area (Å²) >= 11 is 0. The van der Waals surface area contributed by atoms with Crippen LogP contribution in [-0.2, 0) is 0 Å². The molecule has 0 aromatic heterocycles. The Hall–Kier alpha value is -2.82. The molecule has 94 valence electrons. The van der Waals surface area contributed by atoms with Crippen molar-refractivity contribution in [2.24, 2.45) is 0 Å². The first-order valence-corrected chi connectivity index (χ1v) is 5.47. The van der Waals surface area contributed by atoms with Crippen molar-refractivity contribution in [3.63, 3.8) is 0 Å². The fourth-order valence-corrected chi connectivity index (χ4v) is 1.79. The molecule has 0 saturated carbocycles. The molecule has 0 radical (unpaired) electrons. The Morgan fingerprint density at radius 2 is 1.74 bits per heavy atom. The van der Waals surface area contributed by atoms with Crippen LogP contribution in [0.15, 0.2) is 48.5 Å². The van der Waals surface area contributed by atoms with Crippen LogP contribution < -0.4 is 0 Å². The van der Waals surface area contributed by atoms with Crippen molar-refractivity contribution in [2.75, 3.05) is 0 Å². The average molecular weight is 255 g/mol. The first kappa shape index (κ1) is 12.6. The Labute approximate surface area is 108 Å². The Morgan fingerprint density at radius 3 is 2.32 bits per heavy atom. The van der Waals surface area contributed by atoms with Crippen LogP contribution >= 0.6 is 0 Å². The molecular weight excluding hydrogens is 246 g/mol. The highest BCUT2D eigenvalue weighted by molar-refractivity contribution is 6.15. The minimum atomic E-state index is -0.664. The molecule has 0 saturated heterocycles. The number of rotatable bonds is 4. The molecule has 0 aliphatic carbocycles. The van der Waals surface area contributed by atoms with Crippen LogP contribution in [-0.4, -0.2) is 17.0 Å². The normalized spacial score (nSPS) is 9.89. The summed E-state index contributed by atoms with van der Waals surface area (Å²) < 4.78 is 0. The van der Waals surface area contributed by atoms with Gasteiger partial charge in [-0.25, -0.2) is 0 Å². The van der Waals surface area contributed by atoms with Crippen molar-refractivity contribution in [1.82, 2.24) is 0 Å². The number of nitro benzene ring substituents is 1. The molecule has 0 bridgehead atoms. The third-order valence-electron chi connectivity index (χ3n) is 2.66. The number of carbonyl (C=O) groups excluding carboxylic acids is 2. The molecule has 2 aromatic carbocycles. The smallest absolute Gasteiger partial charge is 0.281 e. The van der Waals surface area contributed by atoms with Gasteiger partial charge < -0.3 is 0 Å². The minimum absolute atomic E-state index is 0.0167. The number of hydrogen-bond acceptors (Lipinski definition) is 4. The lowest BCUT2D eigenvalue weighted by Gasteiger charge is -2.05. The third-order valence-corrected chi connectivity index (χ3v) is 2.66. The van der Waals surface area contributed by atoms with Crippen molar-refractivity contribution in [1.29, 1.82) is 0 Å². The SMILES string of the molecule is O=Cc1cccc([N+](=O)[O-])c1C(=O)c1ccccc1. The van der Waals surface area contributed by atoms with E-state index < -0.39 is 10.7 Å². The van der Waals surface area contributed by atoms with Crippen molar-refractivity contribution in [3.05, 3.63) is 75.3 Å². The summed E-state index contributed by atoms with van der Waals surface area (Å²) in [6.45, 7) is 0. The summed E-state index contributed by atoms with van der Waals surface area (Å²) in [5.74, 6) is -0.532. The Bertz CT molecular complexity index is 650. The van der Waals surface area contributed by atoms with Gasteiger partial charge in [0.05, 0.1) is 4.92 Å². The first-order chi connectivity index (χ1) is 9.15. The lowest BCUT2D eigenvalue weighted by atomic mass is 9.97. The zero-order valence-corrected chi connectivity index (χ0v) is 9.78. The van der Waals surface area contributed by atoms with Gasteiger partial charge in [-0.15, -0.1) is 0 Å². The van der Waals surface area contributed by atoms with Crippen LogP contribution in [0, 0.1) is 10.1 Å². The van der Waals surface area contributed by atoms with Gasteiger partial charge in [-0.2, -0.15) is 0 Å². The predicted molar refractivity (Wildman–Crippen MR) is 68.4 cm³/mol. The van der Waals surface area contributed by atoms with E-state index in [0.29, 0.717) is 11.8 Å². The largest absolute Gasteiger partial charge is 0.298 e. The molecule has 5 nitrogen and oxygen atoms in total. The second-order valence-corrected chi connectivity index (χ2v) is 3.81. The Balaban J connectivity index is 2.64. The maximum Gasteiger partial charge on any atom is 0.281 e. The molecule has 0 heterocycles. The standard InChI is InChI=1S/C14H9NO4/c16-9-11-7-4-8-12(15(18)19)13(11)14(17)10-5-2-1-3-6-10/h1-9H. The molecular formula is C14H9NO4. The molecule has 19 heavy (non-hydrogen) atoms. The second kappa shape index (κ2) is 5.22. The highest BCUT2D eigenvalue weighted by Gasteiger charge is 2.24. The van der Waals surface area contributed by atoms with Crippen LogP contribution in [0.2, 0.25) is 0 Å². The summed E-state index contributed by atoms with van der Waals surface area (Å²) in [6.07, 6.45) is 0.448. The van der Waals surface area contributed by atoms with Gasteiger partial charge in [-0.1, -0.05) is 42.5 Å². The summed E-state index contributed by atoms with van der Waals surface area (Å²) in [5, 5.41) is 11.0. The van der Waals surface area contributed by atoms with Crippen molar-refractivity contribution in [2.45, 2.75) is 0 Å². The Morgan fingerprint density at radius 1 is 1.05 bits per heavy atom. The monoisotopic (exact) mass is 255 g/mol. The molecule has 5 heteroatoms. The molecule has 0 atom stereocenters. The fraction of sp³-hybridized carbons (Fsp3) is 0. The molecule has 0 aliphatic rings. The molecule has 0 amide bonds. The van der Waals surface area contributed by atoms with Crippen LogP contribution in [0.25, 0.3) is 0 Å². The second-order valence-electron chi connectivity index (χ2n) is 3.81. The predicted octanol–water partition coefficient (Wildman–Crippen LogP) is 2.64. The summed E-state index contributed by atoms with van der Waals surface area (Å²) in [6, 6.07) is 12.1. The molecule has 0 fully saturated rings. The highest BCUT2D eigenvalue weighted by atomic mass is 16.6. The van der Waals surface area contributed by atoms with E-state index in [0.717, 1.165) is 0 Å². The van der Waals surface area contributed by atoms with Gasteiger partial charge in [0.15, 0.2) is 6.29 Å². The van der Waals surface area contributed by atoms with E-state index in [-0.39, 0.29) is 16.8 Å². The summed E-state index contributed by atoms with van der Waals surface area (Å²) in [7, 11) is 0. The van der Waals surface area contributed by atoms with E-state index in [1.165, 1.54) is 18.2 Å². The van der Waals surface area contributed by atoms with Gasteiger partial charge in [0, 0.05) is 17.2 Å². The van der Waals surface area contributed by atoms with Crippen LogP contribution in [0.4, 0.5) is 5.69 Å². The van der Waals surface area contributed by atoms with Crippen LogP contribution in [0.3, 0.4) is 0 Å². The lowest BCUT2D eigenvalue weighted by Crippen LogP contribution is -2.08. The van der Waals surface area contributed by atoms with Gasteiger partial charge in [-0.3, -0.25) is 19.7 Å². The van der Waals surface area contributed by atoms with Gasteiger partial charge >= 0.3 is 0 Å². The molecule has 0 unspecified atom stereocenters. The fourth-order valence-electron chi connectivity index (χ4n) is 1.79. The molecule has 2 aromatic rings. The minimum Gasteiger partial charge on any atom is -0.298 e. The summed E-state index contributed by atoms with van der Waals surface area (Å²) in [4.78, 5) is 33.6. The number of aldehydes is 1. The van der Waals surface area contributed by atoms with E-state index in [1.807, 2.05) is 0 Å². The van der Waals surface area contributed by atoms with Crippen molar-refractivity contribution >= 4 is 17.8 Å². The maximum absolute atomic E-state index is 12.3. The van der Waals surface area contributed by atoms with Gasteiger partial charge in [0.1, 0.15) is 5.56 Å². The number of benzene rings is 2.